The zero-order valence-corrected chi connectivity index (χ0v) is 7.54. The topological polar surface area (TPSA) is 9.23 Å². The van der Waals surface area contributed by atoms with Gasteiger partial charge in [-0.1, -0.05) is 6.92 Å². The second-order valence-corrected chi connectivity index (χ2v) is 4.03. The number of hydrogen-bond acceptors (Lipinski definition) is 2. The largest absolute Gasteiger partial charge is 0.492 e. The summed E-state index contributed by atoms with van der Waals surface area (Å²) >= 11 is 1.91. The minimum atomic E-state index is 0.910. The minimum Gasteiger partial charge on any atom is -0.492 e. The summed E-state index contributed by atoms with van der Waals surface area (Å²) in [6.07, 6.45) is 3.55. The summed E-state index contributed by atoms with van der Waals surface area (Å²) in [6.45, 7) is 3.10. The molecule has 1 nitrogen and oxygen atoms in total. The van der Waals surface area contributed by atoms with Crippen molar-refractivity contribution >= 4 is 11.3 Å². The van der Waals surface area contributed by atoms with E-state index >= 15 is 0 Å². The zero-order chi connectivity index (χ0) is 7.68. The number of fused-ring (bicyclic) bond motifs is 1. The average molecular weight is 168 g/mol. The Labute approximate surface area is 71.0 Å². The molecule has 2 rings (SSSR count). The van der Waals surface area contributed by atoms with Gasteiger partial charge >= 0.3 is 0 Å². The quantitative estimate of drug-likeness (QED) is 0.626. The fourth-order valence-corrected chi connectivity index (χ4v) is 2.44. The van der Waals surface area contributed by atoms with Gasteiger partial charge in [0, 0.05) is 9.75 Å². The van der Waals surface area contributed by atoms with Crippen LogP contribution in [-0.4, -0.2) is 6.61 Å². The number of rotatable bonds is 1. The lowest BCUT2D eigenvalue weighted by molar-refractivity contribution is 0.291. The number of thiophene rings is 1. The highest BCUT2D eigenvalue weighted by atomic mass is 32.1. The molecule has 0 aliphatic carbocycles. The van der Waals surface area contributed by atoms with Crippen LogP contribution in [-0.2, 0) is 12.8 Å². The van der Waals surface area contributed by atoms with Crippen LogP contribution in [0.1, 0.15) is 23.1 Å². The van der Waals surface area contributed by atoms with Crippen molar-refractivity contribution in [3.8, 4) is 5.75 Å². The Bertz CT molecular complexity index is 229. The van der Waals surface area contributed by atoms with Crippen LogP contribution in [0.4, 0.5) is 0 Å². The van der Waals surface area contributed by atoms with E-state index in [1.54, 1.807) is 0 Å². The van der Waals surface area contributed by atoms with Crippen LogP contribution < -0.4 is 4.74 Å². The molecule has 0 bridgehead atoms. The predicted molar refractivity (Wildman–Crippen MR) is 47.5 cm³/mol. The molecule has 0 spiro atoms. The Morgan fingerprint density at radius 1 is 1.64 bits per heavy atom. The van der Waals surface area contributed by atoms with Crippen LogP contribution in [0.25, 0.3) is 0 Å². The molecule has 1 aromatic heterocycles. The van der Waals surface area contributed by atoms with Crippen molar-refractivity contribution < 1.29 is 4.74 Å². The maximum atomic E-state index is 5.52. The smallest absolute Gasteiger partial charge is 0.133 e. The van der Waals surface area contributed by atoms with Crippen molar-refractivity contribution in [3.05, 3.63) is 15.8 Å². The molecule has 2 heteroatoms. The van der Waals surface area contributed by atoms with Crippen LogP contribution in [0.3, 0.4) is 0 Å². The van der Waals surface area contributed by atoms with Gasteiger partial charge in [-0.25, -0.2) is 0 Å². The molecule has 1 aliphatic rings. The van der Waals surface area contributed by atoms with Gasteiger partial charge in [0.15, 0.2) is 0 Å². The van der Waals surface area contributed by atoms with Gasteiger partial charge in [0.25, 0.3) is 0 Å². The predicted octanol–water partition coefficient (Wildman–Crippen LogP) is 2.64. The molecule has 1 aromatic rings. The second kappa shape index (κ2) is 2.86. The third-order valence-corrected chi connectivity index (χ3v) is 3.30. The highest BCUT2D eigenvalue weighted by Crippen LogP contribution is 2.33. The Morgan fingerprint density at radius 3 is 3.27 bits per heavy atom. The first-order valence-electron chi connectivity index (χ1n) is 4.14. The monoisotopic (exact) mass is 168 g/mol. The summed E-state index contributed by atoms with van der Waals surface area (Å²) in [6, 6.07) is 2.19. The fourth-order valence-electron chi connectivity index (χ4n) is 1.35. The maximum Gasteiger partial charge on any atom is 0.133 e. The van der Waals surface area contributed by atoms with Crippen molar-refractivity contribution in [2.75, 3.05) is 6.61 Å². The van der Waals surface area contributed by atoms with E-state index in [-0.39, 0.29) is 0 Å². The highest BCUT2D eigenvalue weighted by Gasteiger charge is 2.13. The zero-order valence-electron chi connectivity index (χ0n) is 6.72. The summed E-state index contributed by atoms with van der Waals surface area (Å²) in [7, 11) is 0. The number of hydrogen-bond donors (Lipinski definition) is 0. The molecule has 2 heterocycles. The third kappa shape index (κ3) is 1.27. The molecule has 0 aromatic carbocycles. The van der Waals surface area contributed by atoms with E-state index < -0.39 is 0 Å². The lowest BCUT2D eigenvalue weighted by atomic mass is 10.2. The van der Waals surface area contributed by atoms with E-state index in [2.05, 4.69) is 13.0 Å². The van der Waals surface area contributed by atoms with E-state index in [0.717, 1.165) is 18.8 Å². The average Bonchev–Trinajstić information content (AvgIpc) is 2.46. The van der Waals surface area contributed by atoms with E-state index in [4.69, 9.17) is 4.74 Å². The molecule has 0 fully saturated rings. The number of ether oxygens (including phenoxy) is 1. The highest BCUT2D eigenvalue weighted by molar-refractivity contribution is 7.12. The molecular weight excluding hydrogens is 156 g/mol. The third-order valence-electron chi connectivity index (χ3n) is 1.98. The molecule has 0 saturated heterocycles. The Hall–Kier alpha value is -0.500. The van der Waals surface area contributed by atoms with E-state index in [1.807, 2.05) is 11.3 Å². The molecule has 11 heavy (non-hydrogen) atoms. The summed E-state index contributed by atoms with van der Waals surface area (Å²) < 4.78 is 5.52. The summed E-state index contributed by atoms with van der Waals surface area (Å²) in [5, 5.41) is 0. The Kier molecular flexibility index (Phi) is 1.86. The molecule has 60 valence electrons. The van der Waals surface area contributed by atoms with Gasteiger partial charge in [0.1, 0.15) is 5.75 Å². The van der Waals surface area contributed by atoms with Crippen molar-refractivity contribution in [1.82, 2.24) is 0 Å². The van der Waals surface area contributed by atoms with Gasteiger partial charge in [0.2, 0.25) is 0 Å². The standard InChI is InChI=1S/C9H12OS/c1-2-7-6-8-9(11-7)4-3-5-10-8/h6H,2-5H2,1H3. The molecule has 0 amide bonds. The molecule has 1 aliphatic heterocycles. The summed E-state index contributed by atoms with van der Waals surface area (Å²) in [5.74, 6) is 1.15. The maximum absolute atomic E-state index is 5.52. The minimum absolute atomic E-state index is 0.910. The second-order valence-electron chi connectivity index (χ2n) is 2.81. The number of aryl methyl sites for hydroxylation is 2. The van der Waals surface area contributed by atoms with Crippen LogP contribution in [0, 0.1) is 0 Å². The molecule has 0 atom stereocenters. The summed E-state index contributed by atoms with van der Waals surface area (Å²) in [4.78, 5) is 2.91. The Morgan fingerprint density at radius 2 is 2.55 bits per heavy atom. The fraction of sp³-hybridized carbons (Fsp3) is 0.556. The molecule has 0 saturated carbocycles. The van der Waals surface area contributed by atoms with Crippen LogP contribution in [0.2, 0.25) is 0 Å². The van der Waals surface area contributed by atoms with Gasteiger partial charge in [-0.15, -0.1) is 11.3 Å². The van der Waals surface area contributed by atoms with Crippen molar-refractivity contribution in [2.45, 2.75) is 26.2 Å². The molecule has 0 N–H and O–H groups in total. The summed E-state index contributed by atoms with van der Waals surface area (Å²) in [5.41, 5.74) is 0. The van der Waals surface area contributed by atoms with Crippen molar-refractivity contribution in [3.63, 3.8) is 0 Å². The molecule has 0 radical (unpaired) electrons. The van der Waals surface area contributed by atoms with Gasteiger partial charge in [-0.3, -0.25) is 0 Å². The first kappa shape index (κ1) is 7.17. The lowest BCUT2D eigenvalue weighted by Crippen LogP contribution is -2.04. The molecule has 0 unspecified atom stereocenters. The molecular formula is C9H12OS. The van der Waals surface area contributed by atoms with E-state index in [1.165, 1.54) is 22.6 Å². The van der Waals surface area contributed by atoms with Gasteiger partial charge in [0.05, 0.1) is 6.61 Å². The van der Waals surface area contributed by atoms with Crippen molar-refractivity contribution in [1.29, 1.82) is 0 Å². The Balaban J connectivity index is 2.32. The van der Waals surface area contributed by atoms with Gasteiger partial charge in [-0.2, -0.15) is 0 Å². The van der Waals surface area contributed by atoms with Crippen molar-refractivity contribution in [2.24, 2.45) is 0 Å². The lowest BCUT2D eigenvalue weighted by Gasteiger charge is -2.11. The van der Waals surface area contributed by atoms with Gasteiger partial charge in [-0.05, 0) is 25.3 Å². The van der Waals surface area contributed by atoms with Gasteiger partial charge < -0.3 is 4.74 Å². The first-order chi connectivity index (χ1) is 5.40. The van der Waals surface area contributed by atoms with E-state index in [0.29, 0.717) is 0 Å². The van der Waals surface area contributed by atoms with Crippen LogP contribution in [0.15, 0.2) is 6.07 Å². The SMILES string of the molecule is CCc1cc2c(s1)CCCO2. The first-order valence-corrected chi connectivity index (χ1v) is 4.96. The van der Waals surface area contributed by atoms with E-state index in [9.17, 15) is 0 Å². The van der Waals surface area contributed by atoms with Crippen LogP contribution in [0.5, 0.6) is 5.75 Å². The normalized spacial score (nSPS) is 15.7. The van der Waals surface area contributed by atoms with Crippen LogP contribution >= 0.6 is 11.3 Å².